The lowest BCUT2D eigenvalue weighted by Gasteiger charge is -2.01. The molecule has 0 bridgehead atoms. The van der Waals surface area contributed by atoms with E-state index in [1.165, 1.54) is 6.07 Å². The largest absolute Gasteiger partial charge is 0.508 e. The monoisotopic (exact) mass is 263 g/mol. The van der Waals surface area contributed by atoms with E-state index in [-0.39, 0.29) is 17.1 Å². The molecule has 2 aromatic carbocycles. The number of nitriles is 1. The zero-order chi connectivity index (χ0) is 13.9. The normalized spacial score (nSPS) is 12.2. The molecular formula is C16H9NO3. The van der Waals surface area contributed by atoms with Crippen LogP contribution in [0.5, 0.6) is 11.5 Å². The van der Waals surface area contributed by atoms with Gasteiger partial charge in [-0.1, -0.05) is 0 Å². The maximum Gasteiger partial charge on any atom is 0.156 e. The van der Waals surface area contributed by atoms with Gasteiger partial charge in [0.1, 0.15) is 28.9 Å². The molecule has 1 aliphatic carbocycles. The van der Waals surface area contributed by atoms with Gasteiger partial charge >= 0.3 is 0 Å². The molecule has 0 fully saturated rings. The van der Waals surface area contributed by atoms with Crippen molar-refractivity contribution in [2.45, 2.75) is 6.42 Å². The Bertz CT molecular complexity index is 916. The van der Waals surface area contributed by atoms with Crippen LogP contribution < -0.4 is 0 Å². The highest BCUT2D eigenvalue weighted by molar-refractivity contribution is 5.95. The van der Waals surface area contributed by atoms with E-state index in [9.17, 15) is 10.2 Å². The van der Waals surface area contributed by atoms with Crippen molar-refractivity contribution in [3.63, 3.8) is 0 Å². The maximum atomic E-state index is 9.72. The van der Waals surface area contributed by atoms with Crippen molar-refractivity contribution in [1.82, 2.24) is 0 Å². The van der Waals surface area contributed by atoms with Gasteiger partial charge in [0.2, 0.25) is 0 Å². The van der Waals surface area contributed by atoms with Gasteiger partial charge in [-0.05, 0) is 35.9 Å². The third kappa shape index (κ3) is 1.24. The Labute approximate surface area is 114 Å². The lowest BCUT2D eigenvalue weighted by Crippen LogP contribution is -1.83. The lowest BCUT2D eigenvalue weighted by atomic mass is 10.1. The minimum Gasteiger partial charge on any atom is -0.508 e. The molecule has 0 radical (unpaired) electrons. The average Bonchev–Trinajstić information content (AvgIpc) is 2.93. The van der Waals surface area contributed by atoms with Crippen molar-refractivity contribution in [3.8, 4) is 28.9 Å². The maximum absolute atomic E-state index is 9.72. The summed E-state index contributed by atoms with van der Waals surface area (Å²) in [5, 5.41) is 29.2. The summed E-state index contributed by atoms with van der Waals surface area (Å²) >= 11 is 0. The quantitative estimate of drug-likeness (QED) is 0.510. The van der Waals surface area contributed by atoms with E-state index in [4.69, 9.17) is 9.68 Å². The minimum absolute atomic E-state index is 0.0710. The summed E-state index contributed by atoms with van der Waals surface area (Å²) in [5.41, 5.74) is 3.52. The van der Waals surface area contributed by atoms with Crippen LogP contribution in [0.25, 0.3) is 22.3 Å². The van der Waals surface area contributed by atoms with Gasteiger partial charge in [0.25, 0.3) is 0 Å². The molecule has 0 amide bonds. The Hall–Kier alpha value is -2.93. The Balaban J connectivity index is 2.07. The Morgan fingerprint density at radius 1 is 1.15 bits per heavy atom. The number of nitrogens with zero attached hydrogens (tertiary/aromatic N) is 1. The minimum atomic E-state index is -0.0710. The number of phenolic OH excluding ortho intramolecular Hbond substituents is 2. The smallest absolute Gasteiger partial charge is 0.156 e. The third-order valence-corrected chi connectivity index (χ3v) is 3.75. The summed E-state index contributed by atoms with van der Waals surface area (Å²) < 4.78 is 5.82. The molecule has 0 aliphatic heterocycles. The molecular weight excluding hydrogens is 254 g/mol. The second-order valence-electron chi connectivity index (χ2n) is 4.88. The fourth-order valence-electron chi connectivity index (χ4n) is 2.84. The molecule has 4 nitrogen and oxygen atoms in total. The molecule has 96 valence electrons. The van der Waals surface area contributed by atoms with E-state index < -0.39 is 0 Å². The molecule has 4 heteroatoms. The van der Waals surface area contributed by atoms with Crippen LogP contribution in [-0.4, -0.2) is 10.2 Å². The topological polar surface area (TPSA) is 77.4 Å². The van der Waals surface area contributed by atoms with Crippen LogP contribution in [0.4, 0.5) is 0 Å². The zero-order valence-corrected chi connectivity index (χ0v) is 10.3. The number of phenols is 2. The highest BCUT2D eigenvalue weighted by Gasteiger charge is 2.27. The molecule has 0 unspecified atom stereocenters. The Kier molecular flexibility index (Phi) is 1.94. The molecule has 1 heterocycles. The molecule has 20 heavy (non-hydrogen) atoms. The molecule has 0 saturated heterocycles. The number of benzene rings is 2. The van der Waals surface area contributed by atoms with E-state index >= 15 is 0 Å². The number of hydrogen-bond donors (Lipinski definition) is 2. The van der Waals surface area contributed by atoms with Gasteiger partial charge in [-0.2, -0.15) is 5.26 Å². The van der Waals surface area contributed by atoms with Crippen LogP contribution in [0.1, 0.15) is 16.7 Å². The van der Waals surface area contributed by atoms with Gasteiger partial charge in [0.15, 0.2) is 5.58 Å². The summed E-state index contributed by atoms with van der Waals surface area (Å²) in [6.07, 6.45) is 0.654. The highest BCUT2D eigenvalue weighted by atomic mass is 16.3. The summed E-state index contributed by atoms with van der Waals surface area (Å²) in [6.45, 7) is 0. The van der Waals surface area contributed by atoms with Gasteiger partial charge in [-0.15, -0.1) is 0 Å². The molecule has 3 aromatic rings. The van der Waals surface area contributed by atoms with Crippen molar-refractivity contribution in [2.75, 3.05) is 0 Å². The molecule has 2 N–H and O–H groups in total. The molecule has 0 atom stereocenters. The zero-order valence-electron chi connectivity index (χ0n) is 10.3. The van der Waals surface area contributed by atoms with Crippen LogP contribution >= 0.6 is 0 Å². The van der Waals surface area contributed by atoms with Crippen LogP contribution in [0.3, 0.4) is 0 Å². The van der Waals surface area contributed by atoms with Crippen molar-refractivity contribution in [1.29, 1.82) is 5.26 Å². The van der Waals surface area contributed by atoms with Crippen molar-refractivity contribution in [2.24, 2.45) is 0 Å². The second-order valence-corrected chi connectivity index (χ2v) is 4.88. The van der Waals surface area contributed by atoms with E-state index in [0.717, 1.165) is 27.8 Å². The van der Waals surface area contributed by atoms with Crippen molar-refractivity contribution < 1.29 is 14.6 Å². The lowest BCUT2D eigenvalue weighted by molar-refractivity contribution is 0.472. The Morgan fingerprint density at radius 2 is 2.00 bits per heavy atom. The average molecular weight is 263 g/mol. The first-order valence-electron chi connectivity index (χ1n) is 6.18. The molecule has 4 rings (SSSR count). The molecule has 1 aromatic heterocycles. The predicted octanol–water partition coefficient (Wildman–Crippen LogP) is 3.29. The van der Waals surface area contributed by atoms with E-state index in [1.807, 2.05) is 12.1 Å². The van der Waals surface area contributed by atoms with Gasteiger partial charge in [-0.25, -0.2) is 0 Å². The highest BCUT2D eigenvalue weighted by Crippen LogP contribution is 2.45. The summed E-state index contributed by atoms with van der Waals surface area (Å²) in [6, 6.07) is 10.4. The SMILES string of the molecule is N#Cc1c(O)ccc2c3c(oc12)-c1ccc(O)cc1C3. The van der Waals surface area contributed by atoms with Crippen LogP contribution in [0, 0.1) is 11.3 Å². The van der Waals surface area contributed by atoms with Gasteiger partial charge < -0.3 is 14.6 Å². The third-order valence-electron chi connectivity index (χ3n) is 3.75. The summed E-state index contributed by atoms with van der Waals surface area (Å²) in [5.74, 6) is 0.879. The fraction of sp³-hybridized carbons (Fsp3) is 0.0625. The van der Waals surface area contributed by atoms with E-state index in [2.05, 4.69) is 0 Å². The van der Waals surface area contributed by atoms with Gasteiger partial charge in [0, 0.05) is 22.9 Å². The second kappa shape index (κ2) is 3.55. The molecule has 0 saturated carbocycles. The number of furan rings is 1. The number of rotatable bonds is 0. The molecule has 1 aliphatic rings. The van der Waals surface area contributed by atoms with E-state index in [0.29, 0.717) is 12.0 Å². The van der Waals surface area contributed by atoms with Crippen molar-refractivity contribution in [3.05, 3.63) is 47.0 Å². The first kappa shape index (κ1) is 10.9. The predicted molar refractivity (Wildman–Crippen MR) is 72.5 cm³/mol. The van der Waals surface area contributed by atoms with Gasteiger partial charge in [0.05, 0.1) is 0 Å². The van der Waals surface area contributed by atoms with Gasteiger partial charge in [-0.3, -0.25) is 0 Å². The standard InChI is InChI=1S/C16H9NO3/c17-7-13-14(19)4-3-11-12-6-8-5-9(18)1-2-10(8)15(12)20-16(11)13/h1-5,18-19H,6H2. The first-order valence-corrected chi connectivity index (χ1v) is 6.18. The molecule has 0 spiro atoms. The first-order chi connectivity index (χ1) is 9.69. The summed E-state index contributed by atoms with van der Waals surface area (Å²) in [7, 11) is 0. The summed E-state index contributed by atoms with van der Waals surface area (Å²) in [4.78, 5) is 0. The number of fused-ring (bicyclic) bond motifs is 5. The number of hydrogen-bond acceptors (Lipinski definition) is 4. The van der Waals surface area contributed by atoms with Crippen molar-refractivity contribution >= 4 is 11.0 Å². The van der Waals surface area contributed by atoms with Crippen LogP contribution in [-0.2, 0) is 6.42 Å². The van der Waals surface area contributed by atoms with Crippen LogP contribution in [0.2, 0.25) is 0 Å². The Morgan fingerprint density at radius 3 is 2.80 bits per heavy atom. The van der Waals surface area contributed by atoms with Crippen LogP contribution in [0.15, 0.2) is 34.7 Å². The van der Waals surface area contributed by atoms with E-state index in [1.54, 1.807) is 18.2 Å². The fourth-order valence-corrected chi connectivity index (χ4v) is 2.84. The number of aromatic hydroxyl groups is 2.